The fraction of sp³-hybridized carbons (Fsp3) is 0.0909. The first-order valence-corrected chi connectivity index (χ1v) is 5.67. The third kappa shape index (κ3) is 2.59. The van der Waals surface area contributed by atoms with Gasteiger partial charge in [-0.15, -0.1) is 0 Å². The number of alkyl halides is 3. The van der Waals surface area contributed by atoms with Crippen LogP contribution in [0.5, 0.6) is 0 Å². The molecular weight excluding hydrogens is 304 g/mol. The Balaban J connectivity index is 2.46. The first-order valence-electron chi connectivity index (χ1n) is 4.91. The van der Waals surface area contributed by atoms with Gasteiger partial charge in [0, 0.05) is 0 Å². The average molecular weight is 309 g/mol. The third-order valence-electron chi connectivity index (χ3n) is 2.38. The van der Waals surface area contributed by atoms with Crippen molar-refractivity contribution in [2.75, 3.05) is 0 Å². The van der Waals surface area contributed by atoms with Crippen molar-refractivity contribution >= 4 is 29.5 Å². The number of rotatable bonds is 2. The van der Waals surface area contributed by atoms with E-state index in [4.69, 9.17) is 23.2 Å². The highest BCUT2D eigenvalue weighted by molar-refractivity contribution is 6.37. The van der Waals surface area contributed by atoms with E-state index in [1.165, 1.54) is 12.1 Å². The molecule has 0 atom stereocenters. The van der Waals surface area contributed by atoms with Crippen LogP contribution < -0.4 is 0 Å². The number of hydrogen-bond donors (Lipinski definition) is 0. The Hall–Kier alpha value is -1.53. The number of aldehydes is 1. The number of nitrogens with zero attached hydrogens (tertiary/aromatic N) is 2. The van der Waals surface area contributed by atoms with Crippen LogP contribution in [-0.2, 0) is 6.18 Å². The molecule has 0 saturated carbocycles. The molecule has 0 aliphatic rings. The van der Waals surface area contributed by atoms with Crippen molar-refractivity contribution in [2.45, 2.75) is 6.18 Å². The van der Waals surface area contributed by atoms with Gasteiger partial charge in [-0.2, -0.15) is 18.3 Å². The van der Waals surface area contributed by atoms with Gasteiger partial charge in [0.1, 0.15) is 5.15 Å². The monoisotopic (exact) mass is 308 g/mol. The molecule has 1 aromatic heterocycles. The van der Waals surface area contributed by atoms with Gasteiger partial charge in [0.25, 0.3) is 0 Å². The predicted molar refractivity (Wildman–Crippen MR) is 64.0 cm³/mol. The van der Waals surface area contributed by atoms with Crippen molar-refractivity contribution in [1.82, 2.24) is 9.78 Å². The zero-order chi connectivity index (χ0) is 14.2. The van der Waals surface area contributed by atoms with Gasteiger partial charge < -0.3 is 0 Å². The van der Waals surface area contributed by atoms with Crippen LogP contribution in [0.15, 0.2) is 24.3 Å². The van der Waals surface area contributed by atoms with Crippen LogP contribution in [0.3, 0.4) is 0 Å². The predicted octanol–water partition coefficient (Wildman–Crippen LogP) is 4.01. The SMILES string of the molecule is O=Cc1c(Cl)nn(-c2ccc(C(F)(F)F)cc2)c1Cl. The molecule has 0 unspecified atom stereocenters. The van der Waals surface area contributed by atoms with Crippen LogP contribution in [-0.4, -0.2) is 16.1 Å². The van der Waals surface area contributed by atoms with E-state index in [9.17, 15) is 18.0 Å². The maximum atomic E-state index is 12.4. The van der Waals surface area contributed by atoms with Gasteiger partial charge >= 0.3 is 6.18 Å². The summed E-state index contributed by atoms with van der Waals surface area (Å²) in [6.07, 6.45) is -3.99. The Bertz CT molecular complexity index is 620. The quantitative estimate of drug-likeness (QED) is 0.786. The average Bonchev–Trinajstić information content (AvgIpc) is 2.63. The van der Waals surface area contributed by atoms with E-state index < -0.39 is 11.7 Å². The van der Waals surface area contributed by atoms with E-state index in [0.717, 1.165) is 16.8 Å². The van der Waals surface area contributed by atoms with E-state index in [1.807, 2.05) is 0 Å². The van der Waals surface area contributed by atoms with E-state index in [-0.39, 0.29) is 21.6 Å². The number of halogens is 5. The number of benzene rings is 1. The minimum atomic E-state index is -4.42. The Morgan fingerprint density at radius 1 is 1.16 bits per heavy atom. The van der Waals surface area contributed by atoms with Crippen LogP contribution in [0.1, 0.15) is 15.9 Å². The maximum Gasteiger partial charge on any atom is 0.416 e. The molecular formula is C11H5Cl2F3N2O. The highest BCUT2D eigenvalue weighted by atomic mass is 35.5. The number of hydrogen-bond acceptors (Lipinski definition) is 2. The molecule has 0 spiro atoms. The summed E-state index contributed by atoms with van der Waals surface area (Å²) in [6, 6.07) is 4.16. The van der Waals surface area contributed by atoms with Gasteiger partial charge in [-0.3, -0.25) is 4.79 Å². The molecule has 8 heteroatoms. The Morgan fingerprint density at radius 2 is 1.74 bits per heavy atom. The lowest BCUT2D eigenvalue weighted by Crippen LogP contribution is -2.05. The maximum absolute atomic E-state index is 12.4. The van der Waals surface area contributed by atoms with Crippen LogP contribution >= 0.6 is 23.2 Å². The molecule has 0 radical (unpaired) electrons. The molecule has 0 aliphatic heterocycles. The molecule has 1 aromatic carbocycles. The van der Waals surface area contributed by atoms with Crippen molar-refractivity contribution in [3.8, 4) is 5.69 Å². The van der Waals surface area contributed by atoms with Crippen molar-refractivity contribution in [1.29, 1.82) is 0 Å². The fourth-order valence-corrected chi connectivity index (χ4v) is 1.97. The minimum absolute atomic E-state index is 0.0109. The smallest absolute Gasteiger partial charge is 0.298 e. The first kappa shape index (κ1) is 13.9. The van der Waals surface area contributed by atoms with Crippen LogP contribution in [0, 0.1) is 0 Å². The van der Waals surface area contributed by atoms with E-state index in [1.54, 1.807) is 0 Å². The summed E-state index contributed by atoms with van der Waals surface area (Å²) in [7, 11) is 0. The largest absolute Gasteiger partial charge is 0.416 e. The second kappa shape index (κ2) is 4.86. The molecule has 1 heterocycles. The number of aromatic nitrogens is 2. The van der Waals surface area contributed by atoms with E-state index in [2.05, 4.69) is 5.10 Å². The molecule has 0 amide bonds. The second-order valence-corrected chi connectivity index (χ2v) is 4.29. The molecule has 0 N–H and O–H groups in total. The molecule has 0 saturated heterocycles. The topological polar surface area (TPSA) is 34.9 Å². The summed E-state index contributed by atoms with van der Waals surface area (Å²) < 4.78 is 38.3. The summed E-state index contributed by atoms with van der Waals surface area (Å²) >= 11 is 11.5. The molecule has 3 nitrogen and oxygen atoms in total. The Labute approximate surface area is 115 Å². The molecule has 0 bridgehead atoms. The molecule has 0 fully saturated rings. The van der Waals surface area contributed by atoms with Gasteiger partial charge in [0.2, 0.25) is 0 Å². The third-order valence-corrected chi connectivity index (χ3v) is 3.02. The van der Waals surface area contributed by atoms with Gasteiger partial charge in [-0.25, -0.2) is 4.68 Å². The molecule has 0 aliphatic carbocycles. The van der Waals surface area contributed by atoms with Crippen LogP contribution in [0.4, 0.5) is 13.2 Å². The summed E-state index contributed by atoms with van der Waals surface area (Å²) in [5.74, 6) is 0. The molecule has 2 rings (SSSR count). The summed E-state index contributed by atoms with van der Waals surface area (Å²) in [6.45, 7) is 0. The van der Waals surface area contributed by atoms with Crippen molar-refractivity contribution in [2.24, 2.45) is 0 Å². The highest BCUT2D eigenvalue weighted by Crippen LogP contribution is 2.31. The minimum Gasteiger partial charge on any atom is -0.298 e. The van der Waals surface area contributed by atoms with Crippen LogP contribution in [0.2, 0.25) is 10.3 Å². The Kier molecular flexibility index (Phi) is 3.56. The van der Waals surface area contributed by atoms with Gasteiger partial charge in [0.15, 0.2) is 11.4 Å². The zero-order valence-electron chi connectivity index (χ0n) is 9.08. The summed E-state index contributed by atoms with van der Waals surface area (Å²) in [4.78, 5) is 10.7. The highest BCUT2D eigenvalue weighted by Gasteiger charge is 2.30. The van der Waals surface area contributed by atoms with Crippen molar-refractivity contribution in [3.05, 3.63) is 45.7 Å². The normalized spacial score (nSPS) is 11.6. The summed E-state index contributed by atoms with van der Waals surface area (Å²) in [5, 5.41) is 3.61. The lowest BCUT2D eigenvalue weighted by Gasteiger charge is -2.08. The first-order chi connectivity index (χ1) is 8.84. The second-order valence-electron chi connectivity index (χ2n) is 3.57. The van der Waals surface area contributed by atoms with Crippen molar-refractivity contribution < 1.29 is 18.0 Å². The summed E-state index contributed by atoms with van der Waals surface area (Å²) in [5.41, 5.74) is -0.530. The molecule has 2 aromatic rings. The van der Waals surface area contributed by atoms with Gasteiger partial charge in [0.05, 0.1) is 16.8 Å². The molecule has 19 heavy (non-hydrogen) atoms. The fourth-order valence-electron chi connectivity index (χ4n) is 1.44. The van der Waals surface area contributed by atoms with Crippen molar-refractivity contribution in [3.63, 3.8) is 0 Å². The zero-order valence-corrected chi connectivity index (χ0v) is 10.6. The Morgan fingerprint density at radius 3 is 2.16 bits per heavy atom. The molecule has 100 valence electrons. The lowest BCUT2D eigenvalue weighted by atomic mass is 10.2. The van der Waals surface area contributed by atoms with E-state index in [0.29, 0.717) is 6.29 Å². The van der Waals surface area contributed by atoms with E-state index >= 15 is 0 Å². The van der Waals surface area contributed by atoms with Crippen LogP contribution in [0.25, 0.3) is 5.69 Å². The standard InChI is InChI=1S/C11H5Cl2F3N2O/c12-9-8(5-19)10(13)18(17-9)7-3-1-6(2-4-7)11(14,15)16/h1-5H. The number of carbonyl (C=O) groups excluding carboxylic acids is 1. The van der Waals surface area contributed by atoms with Gasteiger partial charge in [-0.1, -0.05) is 23.2 Å². The lowest BCUT2D eigenvalue weighted by molar-refractivity contribution is -0.137. The number of carbonyl (C=O) groups is 1. The van der Waals surface area contributed by atoms with Gasteiger partial charge in [-0.05, 0) is 24.3 Å².